The first-order chi connectivity index (χ1) is 18.6. The molecule has 39 heavy (non-hydrogen) atoms. The van der Waals surface area contributed by atoms with Gasteiger partial charge in [0.05, 0.1) is 22.6 Å². The van der Waals surface area contributed by atoms with Crippen molar-refractivity contribution >= 4 is 47.2 Å². The maximum atomic E-state index is 13.3. The first kappa shape index (κ1) is 26.1. The zero-order valence-electron chi connectivity index (χ0n) is 20.7. The number of nitro groups is 1. The van der Waals surface area contributed by atoms with E-state index in [-0.39, 0.29) is 35.7 Å². The molecule has 3 aliphatic rings. The first-order valence-electron chi connectivity index (χ1n) is 11.7. The number of nitrogens with one attached hydrogen (secondary N) is 1. The molecule has 0 saturated carbocycles. The van der Waals surface area contributed by atoms with Gasteiger partial charge in [0.15, 0.2) is 0 Å². The van der Waals surface area contributed by atoms with E-state index < -0.39 is 45.9 Å². The largest absolute Gasteiger partial charge is 0.456 e. The number of non-ortho nitro benzene ring substituents is 1. The highest BCUT2D eigenvalue weighted by Gasteiger charge is 2.56. The van der Waals surface area contributed by atoms with Gasteiger partial charge in [0.25, 0.3) is 23.4 Å². The quantitative estimate of drug-likeness (QED) is 0.140. The second kappa shape index (κ2) is 9.96. The normalized spacial score (nSPS) is 20.7. The molecule has 1 saturated heterocycles. The molecule has 14 heteroatoms. The molecule has 2 aromatic rings. The minimum absolute atomic E-state index is 0.0693. The third-order valence-corrected chi connectivity index (χ3v) is 7.59. The zero-order valence-corrected chi connectivity index (χ0v) is 21.5. The van der Waals surface area contributed by atoms with Crippen LogP contribution in [0.25, 0.3) is 0 Å². The fourth-order valence-electron chi connectivity index (χ4n) is 4.51. The number of hydrogen-bond donors (Lipinski definition) is 1. The number of rotatable bonds is 6. The molecule has 0 aliphatic carbocycles. The number of β-lactam (4-membered cyclic amide) rings is 1. The van der Waals surface area contributed by atoms with Crippen LogP contribution < -0.4 is 5.32 Å². The van der Waals surface area contributed by atoms with E-state index in [2.05, 4.69) is 5.32 Å². The van der Waals surface area contributed by atoms with Gasteiger partial charge in [0.2, 0.25) is 5.91 Å². The maximum Gasteiger partial charge on any atom is 0.355 e. The molecule has 5 rings (SSSR count). The van der Waals surface area contributed by atoms with Crippen molar-refractivity contribution in [3.05, 3.63) is 86.6 Å². The smallest absolute Gasteiger partial charge is 0.355 e. The molecule has 0 bridgehead atoms. The standard InChI is InChI=1S/C25H21N5O8S/c1-13-11-27(29-21(32)17-5-3-4-6-18(17)22(29)33)39-24-19(26-14(2)31)23(34)28(24)20(13)25(35)38-12-15-7-9-16(10-8-15)30(36)37/h3-10,19,24H,11-12H2,1-2H3,(H,26,31). The molecule has 1 N–H and O–H groups in total. The number of nitrogens with zero attached hydrogens (tertiary/aromatic N) is 4. The Bertz CT molecular complexity index is 1440. The Morgan fingerprint density at radius 1 is 1.08 bits per heavy atom. The molecule has 0 spiro atoms. The van der Waals surface area contributed by atoms with Crippen LogP contribution in [-0.4, -0.2) is 66.8 Å². The second-order valence-corrected chi connectivity index (χ2v) is 10.1. The Hall–Kier alpha value is -4.56. The number of fused-ring (bicyclic) bond motifs is 2. The topological polar surface area (TPSA) is 159 Å². The second-order valence-electron chi connectivity index (χ2n) is 8.99. The van der Waals surface area contributed by atoms with Crippen molar-refractivity contribution in [2.45, 2.75) is 31.9 Å². The van der Waals surface area contributed by atoms with Gasteiger partial charge >= 0.3 is 5.97 Å². The highest BCUT2D eigenvalue weighted by atomic mass is 32.2. The van der Waals surface area contributed by atoms with Crippen molar-refractivity contribution in [1.82, 2.24) is 19.6 Å². The van der Waals surface area contributed by atoms with Crippen molar-refractivity contribution in [3.8, 4) is 0 Å². The number of esters is 1. The molecular formula is C25H21N5O8S. The summed E-state index contributed by atoms with van der Waals surface area (Å²) in [5, 5.41) is 13.6. The van der Waals surface area contributed by atoms with Crippen LogP contribution in [0.3, 0.4) is 0 Å². The van der Waals surface area contributed by atoms with E-state index in [9.17, 15) is 34.1 Å². The fraction of sp³-hybridized carbons (Fsp3) is 0.240. The third-order valence-electron chi connectivity index (χ3n) is 6.36. The summed E-state index contributed by atoms with van der Waals surface area (Å²) in [5.41, 5.74) is 1.12. The number of carbonyl (C=O) groups is 5. The summed E-state index contributed by atoms with van der Waals surface area (Å²) in [7, 11) is 0. The lowest BCUT2D eigenvalue weighted by Crippen LogP contribution is -2.69. The number of amides is 4. The fourth-order valence-corrected chi connectivity index (χ4v) is 5.88. The number of imide groups is 1. The van der Waals surface area contributed by atoms with Crippen molar-refractivity contribution in [2.24, 2.45) is 0 Å². The summed E-state index contributed by atoms with van der Waals surface area (Å²) in [6.07, 6.45) is 0. The molecular weight excluding hydrogens is 530 g/mol. The molecule has 0 radical (unpaired) electrons. The van der Waals surface area contributed by atoms with Crippen LogP contribution in [0.5, 0.6) is 0 Å². The predicted molar refractivity (Wildman–Crippen MR) is 135 cm³/mol. The number of nitro benzene ring substituents is 1. The van der Waals surface area contributed by atoms with Crippen LogP contribution in [0.4, 0.5) is 5.69 Å². The molecule has 0 aromatic heterocycles. The lowest BCUT2D eigenvalue weighted by molar-refractivity contribution is -0.384. The van der Waals surface area contributed by atoms with Gasteiger partial charge < -0.3 is 10.1 Å². The number of hydrazine groups is 1. The molecule has 200 valence electrons. The molecule has 2 unspecified atom stereocenters. The summed E-state index contributed by atoms with van der Waals surface area (Å²) in [6.45, 7) is 2.53. The number of ether oxygens (including phenoxy) is 1. The van der Waals surface area contributed by atoms with Gasteiger partial charge in [-0.15, -0.1) is 4.41 Å². The van der Waals surface area contributed by atoms with Crippen LogP contribution >= 0.6 is 11.9 Å². The van der Waals surface area contributed by atoms with Crippen molar-refractivity contribution in [1.29, 1.82) is 0 Å². The van der Waals surface area contributed by atoms with Gasteiger partial charge in [0, 0.05) is 19.1 Å². The molecule has 4 amide bonds. The lowest BCUT2D eigenvalue weighted by Gasteiger charge is -2.46. The summed E-state index contributed by atoms with van der Waals surface area (Å²) in [4.78, 5) is 75.9. The maximum absolute atomic E-state index is 13.3. The average Bonchev–Trinajstić information content (AvgIpc) is 3.08. The molecule has 2 aromatic carbocycles. The number of carbonyl (C=O) groups excluding carboxylic acids is 5. The first-order valence-corrected chi connectivity index (χ1v) is 12.5. The number of hydrogen-bond acceptors (Lipinski definition) is 10. The van der Waals surface area contributed by atoms with Crippen LogP contribution in [-0.2, 0) is 25.7 Å². The molecule has 3 aliphatic heterocycles. The van der Waals surface area contributed by atoms with Crippen LogP contribution in [0.15, 0.2) is 59.8 Å². The monoisotopic (exact) mass is 551 g/mol. The molecule has 3 heterocycles. The Labute approximate surface area is 225 Å². The van der Waals surface area contributed by atoms with Gasteiger partial charge in [-0.25, -0.2) is 4.79 Å². The van der Waals surface area contributed by atoms with Crippen molar-refractivity contribution in [2.75, 3.05) is 6.54 Å². The Balaban J connectivity index is 1.43. The van der Waals surface area contributed by atoms with E-state index in [4.69, 9.17) is 4.74 Å². The predicted octanol–water partition coefficient (Wildman–Crippen LogP) is 1.76. The van der Waals surface area contributed by atoms with Crippen molar-refractivity contribution < 1.29 is 33.6 Å². The van der Waals surface area contributed by atoms with E-state index in [1.807, 2.05) is 0 Å². The Kier molecular flexibility index (Phi) is 6.66. The van der Waals surface area contributed by atoms with Crippen LogP contribution in [0.1, 0.15) is 40.1 Å². The van der Waals surface area contributed by atoms with Crippen LogP contribution in [0, 0.1) is 10.1 Å². The lowest BCUT2D eigenvalue weighted by atomic mass is 10.0. The SMILES string of the molecule is CC(=O)NC1C(=O)N2C(C(=O)OCc3ccc([N+](=O)[O-])cc3)=C(C)CN(N3C(=O)c4ccccc4C3=O)SC12. The third kappa shape index (κ3) is 4.53. The van der Waals surface area contributed by atoms with Gasteiger partial charge in [0.1, 0.15) is 23.7 Å². The average molecular weight is 552 g/mol. The number of benzene rings is 2. The highest BCUT2D eigenvalue weighted by molar-refractivity contribution is 7.97. The van der Waals surface area contributed by atoms with E-state index >= 15 is 0 Å². The van der Waals surface area contributed by atoms with Gasteiger partial charge in [-0.3, -0.25) is 34.2 Å². The van der Waals surface area contributed by atoms with E-state index in [1.54, 1.807) is 31.2 Å². The zero-order chi connectivity index (χ0) is 28.0. The Morgan fingerprint density at radius 2 is 1.69 bits per heavy atom. The summed E-state index contributed by atoms with van der Waals surface area (Å²) < 4.78 is 6.83. The highest BCUT2D eigenvalue weighted by Crippen LogP contribution is 2.42. The summed E-state index contributed by atoms with van der Waals surface area (Å²) >= 11 is 0.970. The summed E-state index contributed by atoms with van der Waals surface area (Å²) in [6, 6.07) is 10.8. The van der Waals surface area contributed by atoms with E-state index in [1.165, 1.54) is 40.5 Å². The van der Waals surface area contributed by atoms with Gasteiger partial charge in [-0.05, 0) is 54.3 Å². The van der Waals surface area contributed by atoms with Gasteiger partial charge in [-0.1, -0.05) is 12.1 Å². The van der Waals surface area contributed by atoms with Crippen LogP contribution in [0.2, 0.25) is 0 Å². The van der Waals surface area contributed by atoms with E-state index in [0.29, 0.717) is 11.1 Å². The van der Waals surface area contributed by atoms with E-state index in [0.717, 1.165) is 17.0 Å². The molecule has 2 atom stereocenters. The van der Waals surface area contributed by atoms with Crippen molar-refractivity contribution in [3.63, 3.8) is 0 Å². The minimum Gasteiger partial charge on any atom is -0.456 e. The molecule has 1 fully saturated rings. The van der Waals surface area contributed by atoms with Gasteiger partial charge in [-0.2, -0.15) is 5.01 Å². The minimum atomic E-state index is -1.01. The summed E-state index contributed by atoms with van der Waals surface area (Å²) in [5.74, 6) is -2.95. The molecule has 13 nitrogen and oxygen atoms in total. The Morgan fingerprint density at radius 3 is 2.26 bits per heavy atom.